The molecule has 6 nitrogen and oxygen atoms in total. The molecule has 34 heavy (non-hydrogen) atoms. The van der Waals surface area contributed by atoms with Gasteiger partial charge in [-0.15, -0.1) is 10.2 Å². The number of carbonyl (C=O) groups excluding carboxylic acids is 1. The van der Waals surface area contributed by atoms with Crippen molar-refractivity contribution in [1.29, 1.82) is 0 Å². The van der Waals surface area contributed by atoms with Gasteiger partial charge in [0.05, 0.1) is 28.7 Å². The summed E-state index contributed by atoms with van der Waals surface area (Å²) in [6.07, 6.45) is 0. The highest BCUT2D eigenvalue weighted by Gasteiger charge is 2.18. The number of halogens is 1. The van der Waals surface area contributed by atoms with Crippen LogP contribution in [-0.4, -0.2) is 26.4 Å². The van der Waals surface area contributed by atoms with Gasteiger partial charge in [-0.3, -0.25) is 9.36 Å². The third-order valence-electron chi connectivity index (χ3n) is 5.29. The fourth-order valence-corrected chi connectivity index (χ4v) is 4.39. The molecule has 2 N–H and O–H groups in total. The van der Waals surface area contributed by atoms with E-state index >= 15 is 0 Å². The standard InChI is InChI=1S/C26H26ClN5OS/c1-17-9-12-20(13-10-17)28-15-24-30-31-26(32(24)23-14-18(2)8-11-19(23)3)34-16-25(33)29-22-7-5-4-6-21(22)27/h4-14,28H,15-16H2,1-3H3,(H,29,33). The van der Waals surface area contributed by atoms with Crippen molar-refractivity contribution in [3.8, 4) is 5.69 Å². The summed E-state index contributed by atoms with van der Waals surface area (Å²) in [5, 5.41) is 16.3. The van der Waals surface area contributed by atoms with Gasteiger partial charge in [-0.05, 0) is 62.2 Å². The summed E-state index contributed by atoms with van der Waals surface area (Å²) >= 11 is 7.51. The molecule has 0 saturated carbocycles. The number of amides is 1. The third-order valence-corrected chi connectivity index (χ3v) is 6.55. The van der Waals surface area contributed by atoms with Gasteiger partial charge in [0, 0.05) is 5.69 Å². The predicted molar refractivity (Wildman–Crippen MR) is 140 cm³/mol. The summed E-state index contributed by atoms with van der Waals surface area (Å²) in [4.78, 5) is 12.6. The van der Waals surface area contributed by atoms with Crippen LogP contribution < -0.4 is 10.6 Å². The van der Waals surface area contributed by atoms with E-state index in [-0.39, 0.29) is 11.7 Å². The highest BCUT2D eigenvalue weighted by molar-refractivity contribution is 7.99. The number of carbonyl (C=O) groups is 1. The van der Waals surface area contributed by atoms with E-state index in [1.807, 2.05) is 28.8 Å². The molecule has 0 atom stereocenters. The molecule has 0 unspecified atom stereocenters. The topological polar surface area (TPSA) is 71.8 Å². The lowest BCUT2D eigenvalue weighted by Crippen LogP contribution is -2.15. The van der Waals surface area contributed by atoms with Crippen LogP contribution in [0, 0.1) is 20.8 Å². The summed E-state index contributed by atoms with van der Waals surface area (Å²) in [6.45, 7) is 6.67. The first kappa shape index (κ1) is 23.9. The van der Waals surface area contributed by atoms with Gasteiger partial charge in [-0.2, -0.15) is 0 Å². The second kappa shape index (κ2) is 10.8. The molecule has 1 heterocycles. The predicted octanol–water partition coefficient (Wildman–Crippen LogP) is 6.19. The molecule has 1 aromatic heterocycles. The minimum atomic E-state index is -0.159. The number of rotatable bonds is 8. The maximum Gasteiger partial charge on any atom is 0.234 e. The molecule has 3 aromatic carbocycles. The number of anilines is 2. The second-order valence-electron chi connectivity index (χ2n) is 8.06. The van der Waals surface area contributed by atoms with Gasteiger partial charge in [-0.25, -0.2) is 0 Å². The zero-order chi connectivity index (χ0) is 24.1. The Morgan fingerprint density at radius 3 is 2.47 bits per heavy atom. The lowest BCUT2D eigenvalue weighted by atomic mass is 10.1. The van der Waals surface area contributed by atoms with Crippen molar-refractivity contribution >= 4 is 40.6 Å². The quantitative estimate of drug-likeness (QED) is 0.287. The first-order chi connectivity index (χ1) is 16.4. The molecule has 8 heteroatoms. The van der Waals surface area contributed by atoms with Crippen LogP contribution in [0.2, 0.25) is 5.02 Å². The molecule has 0 bridgehead atoms. The monoisotopic (exact) mass is 491 g/mol. The largest absolute Gasteiger partial charge is 0.378 e. The van der Waals surface area contributed by atoms with Crippen LogP contribution in [0.4, 0.5) is 11.4 Å². The Labute approximate surface area is 208 Å². The van der Waals surface area contributed by atoms with Gasteiger partial charge >= 0.3 is 0 Å². The fraction of sp³-hybridized carbons (Fsp3) is 0.192. The van der Waals surface area contributed by atoms with Gasteiger partial charge < -0.3 is 10.6 Å². The summed E-state index contributed by atoms with van der Waals surface area (Å²) in [6, 6.07) is 21.7. The Hall–Kier alpha value is -3.29. The number of nitrogens with zero attached hydrogens (tertiary/aromatic N) is 3. The van der Waals surface area contributed by atoms with Crippen molar-refractivity contribution < 1.29 is 4.79 Å². The number of hydrogen-bond donors (Lipinski definition) is 2. The van der Waals surface area contributed by atoms with Crippen LogP contribution in [-0.2, 0) is 11.3 Å². The highest BCUT2D eigenvalue weighted by atomic mass is 35.5. The normalized spacial score (nSPS) is 10.8. The Morgan fingerprint density at radius 2 is 1.71 bits per heavy atom. The second-order valence-corrected chi connectivity index (χ2v) is 9.41. The first-order valence-electron chi connectivity index (χ1n) is 10.9. The molecule has 1 amide bonds. The molecule has 0 aliphatic heterocycles. The van der Waals surface area contributed by atoms with Crippen LogP contribution in [0.15, 0.2) is 71.9 Å². The molecule has 174 valence electrons. The Kier molecular flexibility index (Phi) is 7.55. The summed E-state index contributed by atoms with van der Waals surface area (Å²) < 4.78 is 2.02. The van der Waals surface area contributed by atoms with Gasteiger partial charge in [-0.1, -0.05) is 65.3 Å². The summed E-state index contributed by atoms with van der Waals surface area (Å²) in [5.41, 5.74) is 6.05. The van der Waals surface area contributed by atoms with Crippen molar-refractivity contribution in [2.75, 3.05) is 16.4 Å². The van der Waals surface area contributed by atoms with Crippen molar-refractivity contribution in [2.24, 2.45) is 0 Å². The van der Waals surface area contributed by atoms with E-state index in [1.54, 1.807) is 12.1 Å². The minimum absolute atomic E-state index is 0.159. The lowest BCUT2D eigenvalue weighted by Gasteiger charge is -2.14. The van der Waals surface area contributed by atoms with Crippen LogP contribution in [0.1, 0.15) is 22.5 Å². The zero-order valence-corrected chi connectivity index (χ0v) is 20.9. The molecular weight excluding hydrogens is 466 g/mol. The van der Waals surface area contributed by atoms with Gasteiger partial charge in [0.25, 0.3) is 0 Å². The molecule has 4 aromatic rings. The Bertz CT molecular complexity index is 1300. The molecule has 0 fully saturated rings. The summed E-state index contributed by atoms with van der Waals surface area (Å²) in [7, 11) is 0. The van der Waals surface area contributed by atoms with Crippen LogP contribution >= 0.6 is 23.4 Å². The number of aromatic nitrogens is 3. The molecule has 4 rings (SSSR count). The van der Waals surface area contributed by atoms with Gasteiger partial charge in [0.1, 0.15) is 0 Å². The van der Waals surface area contributed by atoms with Crippen molar-refractivity contribution in [2.45, 2.75) is 32.5 Å². The van der Waals surface area contributed by atoms with E-state index in [4.69, 9.17) is 11.6 Å². The van der Waals surface area contributed by atoms with Gasteiger partial charge in [0.15, 0.2) is 11.0 Å². The van der Waals surface area contributed by atoms with Crippen LogP contribution in [0.25, 0.3) is 5.69 Å². The number of aryl methyl sites for hydroxylation is 3. The Morgan fingerprint density at radius 1 is 0.971 bits per heavy atom. The maximum atomic E-state index is 12.6. The average molecular weight is 492 g/mol. The minimum Gasteiger partial charge on any atom is -0.378 e. The van der Waals surface area contributed by atoms with Crippen LogP contribution in [0.5, 0.6) is 0 Å². The lowest BCUT2D eigenvalue weighted by molar-refractivity contribution is -0.113. The molecule has 0 aliphatic rings. The number of para-hydroxylation sites is 1. The number of hydrogen-bond acceptors (Lipinski definition) is 5. The molecule has 0 spiro atoms. The molecule has 0 saturated heterocycles. The van der Waals surface area contributed by atoms with E-state index in [9.17, 15) is 4.79 Å². The van der Waals surface area contributed by atoms with E-state index in [2.05, 4.69) is 71.9 Å². The van der Waals surface area contributed by atoms with E-state index in [1.165, 1.54) is 17.3 Å². The first-order valence-corrected chi connectivity index (χ1v) is 12.3. The number of thioether (sulfide) groups is 1. The number of benzene rings is 3. The van der Waals surface area contributed by atoms with Crippen LogP contribution in [0.3, 0.4) is 0 Å². The van der Waals surface area contributed by atoms with Crippen molar-refractivity contribution in [3.63, 3.8) is 0 Å². The van der Waals surface area contributed by atoms with Crippen molar-refractivity contribution in [1.82, 2.24) is 14.8 Å². The smallest absolute Gasteiger partial charge is 0.234 e. The number of nitrogens with one attached hydrogen (secondary N) is 2. The molecule has 0 radical (unpaired) electrons. The summed E-state index contributed by atoms with van der Waals surface area (Å²) in [5.74, 6) is 0.788. The molecule has 0 aliphatic carbocycles. The third kappa shape index (κ3) is 5.79. The van der Waals surface area contributed by atoms with E-state index in [0.717, 1.165) is 28.3 Å². The highest BCUT2D eigenvalue weighted by Crippen LogP contribution is 2.27. The average Bonchev–Trinajstić information content (AvgIpc) is 3.23. The zero-order valence-electron chi connectivity index (χ0n) is 19.3. The maximum absolute atomic E-state index is 12.6. The molecular formula is C26H26ClN5OS. The SMILES string of the molecule is Cc1ccc(NCc2nnc(SCC(=O)Nc3ccccc3Cl)n2-c2cc(C)ccc2C)cc1. The Balaban J connectivity index is 1.56. The van der Waals surface area contributed by atoms with Gasteiger partial charge in [0.2, 0.25) is 5.91 Å². The van der Waals surface area contributed by atoms with E-state index < -0.39 is 0 Å². The van der Waals surface area contributed by atoms with E-state index in [0.29, 0.717) is 22.4 Å². The van der Waals surface area contributed by atoms with Crippen molar-refractivity contribution in [3.05, 3.63) is 94.3 Å². The fourth-order valence-electron chi connectivity index (χ4n) is 3.44.